The summed E-state index contributed by atoms with van der Waals surface area (Å²) in [5, 5.41) is 4.58. The summed E-state index contributed by atoms with van der Waals surface area (Å²) in [5.74, 6) is -0.154. The molecule has 1 unspecified atom stereocenters. The quantitative estimate of drug-likeness (QED) is 0.203. The Labute approximate surface area is 243 Å². The van der Waals surface area contributed by atoms with Crippen molar-refractivity contribution in [2.24, 2.45) is 0 Å². The molecule has 0 amide bonds. The number of esters is 1. The number of ether oxygens (including phenoxy) is 3. The number of hydrogen-bond donors (Lipinski definition) is 1. The fourth-order valence-corrected chi connectivity index (χ4v) is 5.40. The van der Waals surface area contributed by atoms with Gasteiger partial charge < -0.3 is 19.5 Å². The van der Waals surface area contributed by atoms with Gasteiger partial charge in [0.05, 0.1) is 7.11 Å². The van der Waals surface area contributed by atoms with E-state index in [4.69, 9.17) is 14.2 Å². The molecule has 210 valence electrons. The fourth-order valence-electron chi connectivity index (χ4n) is 5.40. The van der Waals surface area contributed by atoms with Crippen molar-refractivity contribution in [1.82, 2.24) is 4.57 Å². The first-order valence-electron chi connectivity index (χ1n) is 13.8. The molecule has 0 aliphatic carbocycles. The van der Waals surface area contributed by atoms with Crippen LogP contribution in [-0.2, 0) is 27.2 Å². The molecule has 1 aliphatic heterocycles. The van der Waals surface area contributed by atoms with Crippen LogP contribution in [0.4, 0.5) is 5.69 Å². The zero-order chi connectivity index (χ0) is 28.9. The van der Waals surface area contributed by atoms with Crippen LogP contribution < -0.4 is 10.9 Å². The van der Waals surface area contributed by atoms with Gasteiger partial charge in [0.25, 0.3) is 5.56 Å². The van der Waals surface area contributed by atoms with Crippen LogP contribution >= 0.6 is 0 Å². The van der Waals surface area contributed by atoms with Crippen LogP contribution in [0, 0.1) is 0 Å². The zero-order valence-electron chi connectivity index (χ0n) is 23.2. The summed E-state index contributed by atoms with van der Waals surface area (Å²) in [5.41, 5.74) is 4.15. The molecule has 0 saturated heterocycles. The van der Waals surface area contributed by atoms with Crippen molar-refractivity contribution < 1.29 is 19.0 Å². The molecule has 7 nitrogen and oxygen atoms in total. The third kappa shape index (κ3) is 5.37. The Balaban J connectivity index is 1.60. The van der Waals surface area contributed by atoms with E-state index >= 15 is 0 Å². The van der Waals surface area contributed by atoms with E-state index in [1.165, 1.54) is 17.9 Å². The molecule has 1 N–H and O–H groups in total. The number of anilines is 1. The molecule has 0 bridgehead atoms. The Morgan fingerprint density at radius 3 is 2.19 bits per heavy atom. The molecule has 2 heterocycles. The van der Waals surface area contributed by atoms with E-state index in [-0.39, 0.29) is 18.0 Å². The Bertz CT molecular complexity index is 1800. The van der Waals surface area contributed by atoms with Crippen molar-refractivity contribution in [3.8, 4) is 11.1 Å². The lowest BCUT2D eigenvalue weighted by Crippen LogP contribution is -2.33. The van der Waals surface area contributed by atoms with Gasteiger partial charge in [0.15, 0.2) is 5.76 Å². The number of hydrogen-bond acceptors (Lipinski definition) is 6. The van der Waals surface area contributed by atoms with Crippen LogP contribution in [-0.4, -0.2) is 24.4 Å². The van der Waals surface area contributed by atoms with Crippen molar-refractivity contribution in [3.63, 3.8) is 0 Å². The summed E-state index contributed by atoms with van der Waals surface area (Å²) < 4.78 is 18.1. The summed E-state index contributed by atoms with van der Waals surface area (Å²) in [6.07, 6.45) is 1.92. The van der Waals surface area contributed by atoms with Gasteiger partial charge in [-0.25, -0.2) is 4.79 Å². The van der Waals surface area contributed by atoms with Gasteiger partial charge in [0.2, 0.25) is 6.79 Å². The smallest absolute Gasteiger partial charge is 0.355 e. The summed E-state index contributed by atoms with van der Waals surface area (Å²) in [4.78, 5) is 28.1. The van der Waals surface area contributed by atoms with E-state index in [9.17, 15) is 9.59 Å². The summed E-state index contributed by atoms with van der Waals surface area (Å²) >= 11 is 0. The first kappa shape index (κ1) is 26.9. The lowest BCUT2D eigenvalue weighted by atomic mass is 9.94. The average Bonchev–Trinajstić information content (AvgIpc) is 3.59. The van der Waals surface area contributed by atoms with E-state index in [2.05, 4.69) is 5.32 Å². The minimum Gasteiger partial charge on any atom is -0.464 e. The lowest BCUT2D eigenvalue weighted by molar-refractivity contribution is 0.0575. The molecule has 6 rings (SSSR count). The summed E-state index contributed by atoms with van der Waals surface area (Å²) in [6, 6.07) is 34.4. The number of nitrogens with zero attached hydrogens (tertiary/aromatic N) is 1. The van der Waals surface area contributed by atoms with E-state index in [1.54, 1.807) is 0 Å². The molecule has 42 heavy (non-hydrogen) atoms. The molecule has 5 aromatic rings. The van der Waals surface area contributed by atoms with Gasteiger partial charge in [-0.2, -0.15) is 0 Å². The van der Waals surface area contributed by atoms with E-state index in [1.807, 2.05) is 109 Å². The number of fused-ring (bicyclic) bond motifs is 1. The molecule has 0 saturated carbocycles. The molecule has 0 radical (unpaired) electrons. The Kier molecular flexibility index (Phi) is 7.72. The minimum absolute atomic E-state index is 0.0402. The molecule has 7 heteroatoms. The van der Waals surface area contributed by atoms with Crippen molar-refractivity contribution in [2.75, 3.05) is 19.2 Å². The standard InChI is InChI=1S/C35H30N2O5/c1-40-35(39)33-32(26-15-9-4-10-16-26)29-20-27(36-21-25-13-7-3-8-14-25)17-18-28(29)34(38)37(33)30(31-22-41-23-42-31)19-24-11-5-2-6-12-24/h2-18,20,22,30,36H,19,21,23H2,1H3. The summed E-state index contributed by atoms with van der Waals surface area (Å²) in [6.45, 7) is 0.650. The van der Waals surface area contributed by atoms with Crippen LogP contribution in [0.1, 0.15) is 27.7 Å². The highest BCUT2D eigenvalue weighted by atomic mass is 16.7. The van der Waals surface area contributed by atoms with Gasteiger partial charge in [-0.3, -0.25) is 9.36 Å². The first-order valence-corrected chi connectivity index (χ1v) is 13.8. The average molecular weight is 559 g/mol. The van der Waals surface area contributed by atoms with Gasteiger partial charge >= 0.3 is 5.97 Å². The summed E-state index contributed by atoms with van der Waals surface area (Å²) in [7, 11) is 1.33. The maximum Gasteiger partial charge on any atom is 0.355 e. The molecule has 1 aliphatic rings. The van der Waals surface area contributed by atoms with E-state index in [0.29, 0.717) is 35.1 Å². The maximum atomic E-state index is 14.4. The fraction of sp³-hybridized carbons (Fsp3) is 0.143. The predicted octanol–water partition coefficient (Wildman–Crippen LogP) is 6.70. The van der Waals surface area contributed by atoms with Crippen LogP contribution in [0.25, 0.3) is 21.9 Å². The molecule has 1 aromatic heterocycles. The Hall–Kier alpha value is -5.30. The molecule has 0 fully saturated rings. The van der Waals surface area contributed by atoms with Crippen LogP contribution in [0.15, 0.2) is 126 Å². The maximum absolute atomic E-state index is 14.4. The SMILES string of the molecule is COC(=O)c1c(-c2ccccc2)c2cc(NCc3ccccc3)ccc2c(=O)n1C(Cc1ccccc1)C1=COCO1. The number of benzene rings is 4. The minimum atomic E-state index is -0.653. The van der Waals surface area contributed by atoms with E-state index < -0.39 is 12.0 Å². The number of carbonyl (C=O) groups excluding carboxylic acids is 1. The number of pyridine rings is 1. The highest BCUT2D eigenvalue weighted by Crippen LogP contribution is 2.36. The molecule has 1 atom stereocenters. The molecular weight excluding hydrogens is 528 g/mol. The highest BCUT2D eigenvalue weighted by molar-refractivity contribution is 6.07. The van der Waals surface area contributed by atoms with Gasteiger partial charge in [-0.05, 0) is 40.3 Å². The highest BCUT2D eigenvalue weighted by Gasteiger charge is 2.32. The Morgan fingerprint density at radius 2 is 1.55 bits per heavy atom. The number of rotatable bonds is 9. The van der Waals surface area contributed by atoms with Crippen LogP contribution in [0.2, 0.25) is 0 Å². The number of methoxy groups -OCH3 is 1. The van der Waals surface area contributed by atoms with Gasteiger partial charge in [0.1, 0.15) is 18.0 Å². The Morgan fingerprint density at radius 1 is 0.881 bits per heavy atom. The zero-order valence-corrected chi connectivity index (χ0v) is 23.2. The van der Waals surface area contributed by atoms with Gasteiger partial charge in [-0.15, -0.1) is 0 Å². The second-order valence-corrected chi connectivity index (χ2v) is 10.0. The normalized spacial score (nSPS) is 13.1. The van der Waals surface area contributed by atoms with Gasteiger partial charge in [-0.1, -0.05) is 91.0 Å². The lowest BCUT2D eigenvalue weighted by Gasteiger charge is -2.26. The second kappa shape index (κ2) is 12.1. The molecule has 0 spiro atoms. The molecule has 4 aromatic carbocycles. The van der Waals surface area contributed by atoms with Crippen LogP contribution in [0.3, 0.4) is 0 Å². The number of allylic oxidation sites excluding steroid dienone is 1. The van der Waals surface area contributed by atoms with Crippen molar-refractivity contribution >= 4 is 22.4 Å². The number of carbonyl (C=O) groups is 1. The first-order chi connectivity index (χ1) is 20.6. The van der Waals surface area contributed by atoms with Crippen molar-refractivity contribution in [3.05, 3.63) is 148 Å². The third-order valence-electron chi connectivity index (χ3n) is 7.40. The van der Waals surface area contributed by atoms with Gasteiger partial charge in [0, 0.05) is 29.6 Å². The largest absolute Gasteiger partial charge is 0.464 e. The monoisotopic (exact) mass is 558 g/mol. The predicted molar refractivity (Wildman–Crippen MR) is 163 cm³/mol. The van der Waals surface area contributed by atoms with Crippen molar-refractivity contribution in [2.45, 2.75) is 19.0 Å². The molecular formula is C35H30N2O5. The second-order valence-electron chi connectivity index (χ2n) is 10.0. The van der Waals surface area contributed by atoms with Crippen molar-refractivity contribution in [1.29, 1.82) is 0 Å². The van der Waals surface area contributed by atoms with E-state index in [0.717, 1.165) is 22.4 Å². The van der Waals surface area contributed by atoms with Crippen LogP contribution in [0.5, 0.6) is 0 Å². The third-order valence-corrected chi connectivity index (χ3v) is 7.40. The number of nitrogens with one attached hydrogen (secondary N) is 1. The number of aromatic nitrogens is 1. The topological polar surface area (TPSA) is 78.8 Å².